The Morgan fingerprint density at radius 3 is 1.94 bits per heavy atom. The van der Waals surface area contributed by atoms with Crippen LogP contribution in [0.25, 0.3) is 49.2 Å². The second kappa shape index (κ2) is 8.31. The van der Waals surface area contributed by atoms with Crippen LogP contribution in [-0.4, -0.2) is 4.40 Å². The molecule has 3 heteroatoms. The highest BCUT2D eigenvalue weighted by atomic mass is 14.9. The molecule has 15 rings (SSSR count). The van der Waals surface area contributed by atoms with E-state index in [0.717, 1.165) is 34.8 Å². The van der Waals surface area contributed by atoms with Crippen LogP contribution in [0, 0.1) is 51.7 Å². The zero-order valence-corrected chi connectivity index (χ0v) is 29.6. The van der Waals surface area contributed by atoms with Gasteiger partial charge in [-0.3, -0.25) is 0 Å². The Bertz CT molecular complexity index is 2770. The van der Waals surface area contributed by atoms with Gasteiger partial charge >= 0.3 is 0 Å². The van der Waals surface area contributed by atoms with Gasteiger partial charge in [-0.05, 0) is 180 Å². The SMILES string of the molecule is CC1(C)c2ccccc2-c2c1cc1c3c4c(c(C#N)cc3n3c5cc(C#N)c6c(c5c2c13)C1CC2CC3CC6CC32C1)C1CC2CC(C1)CC4C2. The first-order valence-corrected chi connectivity index (χ1v) is 20.2. The summed E-state index contributed by atoms with van der Waals surface area (Å²) in [6, 6.07) is 22.1. The minimum Gasteiger partial charge on any atom is -0.308 e. The van der Waals surface area contributed by atoms with Gasteiger partial charge in [-0.1, -0.05) is 38.1 Å². The molecule has 0 radical (unpaired) electrons. The van der Waals surface area contributed by atoms with Gasteiger partial charge in [0, 0.05) is 27.0 Å². The molecular formula is C48H41N3. The van der Waals surface area contributed by atoms with E-state index in [9.17, 15) is 10.5 Å². The van der Waals surface area contributed by atoms with E-state index in [2.05, 4.69) is 72.9 Å². The molecule has 7 bridgehead atoms. The molecule has 4 aromatic carbocycles. The van der Waals surface area contributed by atoms with Gasteiger partial charge in [0.25, 0.3) is 0 Å². The molecule has 6 aromatic rings. The summed E-state index contributed by atoms with van der Waals surface area (Å²) in [6.45, 7) is 4.90. The lowest BCUT2D eigenvalue weighted by Crippen LogP contribution is -2.41. The minimum absolute atomic E-state index is 0.115. The summed E-state index contributed by atoms with van der Waals surface area (Å²) in [4.78, 5) is 0. The Kier molecular flexibility index (Phi) is 4.46. The van der Waals surface area contributed by atoms with Crippen LogP contribution in [-0.2, 0) is 5.41 Å². The number of benzene rings is 4. The number of nitrogens with zero attached hydrogens (tertiary/aromatic N) is 3. The van der Waals surface area contributed by atoms with Gasteiger partial charge in [0.05, 0.1) is 39.8 Å². The lowest BCUT2D eigenvalue weighted by Gasteiger charge is -2.48. The number of aromatic nitrogens is 1. The van der Waals surface area contributed by atoms with Crippen molar-refractivity contribution in [1.82, 2.24) is 4.40 Å². The Hall–Kier alpha value is -4.34. The van der Waals surface area contributed by atoms with Crippen LogP contribution >= 0.6 is 0 Å². The molecule has 1 spiro atoms. The smallest absolute Gasteiger partial charge is 0.0995 e. The summed E-state index contributed by atoms with van der Waals surface area (Å²) >= 11 is 0. The van der Waals surface area contributed by atoms with Gasteiger partial charge in [-0.15, -0.1) is 0 Å². The average molecular weight is 660 g/mol. The maximum Gasteiger partial charge on any atom is 0.0995 e. The lowest BCUT2D eigenvalue weighted by molar-refractivity contribution is 0.00322. The molecule has 9 aliphatic rings. The highest BCUT2D eigenvalue weighted by Crippen LogP contribution is 2.77. The van der Waals surface area contributed by atoms with E-state index < -0.39 is 0 Å². The zero-order valence-electron chi connectivity index (χ0n) is 29.6. The second-order valence-electron chi connectivity index (χ2n) is 19.5. The summed E-state index contributed by atoms with van der Waals surface area (Å²) < 4.78 is 2.59. The molecule has 5 saturated carbocycles. The molecule has 2 aromatic heterocycles. The molecule has 3 nitrogen and oxygen atoms in total. The predicted octanol–water partition coefficient (Wildman–Crippen LogP) is 11.7. The molecule has 51 heavy (non-hydrogen) atoms. The first-order chi connectivity index (χ1) is 24.9. The van der Waals surface area contributed by atoms with Crippen molar-refractivity contribution in [3.63, 3.8) is 0 Å². The molecule has 5 fully saturated rings. The number of hydrogen-bond donors (Lipinski definition) is 0. The van der Waals surface area contributed by atoms with Crippen LogP contribution in [0.3, 0.4) is 0 Å². The number of nitriles is 2. The summed E-state index contributed by atoms with van der Waals surface area (Å²) in [5.41, 5.74) is 17.7. The average Bonchev–Trinajstić information content (AvgIpc) is 3.82. The summed E-state index contributed by atoms with van der Waals surface area (Å²) in [5, 5.41) is 27.7. The fourth-order valence-corrected chi connectivity index (χ4v) is 16.0. The van der Waals surface area contributed by atoms with Gasteiger partial charge in [0.2, 0.25) is 0 Å². The third-order valence-corrected chi connectivity index (χ3v) is 17.4. The third-order valence-electron chi connectivity index (χ3n) is 17.4. The normalized spacial score (nSPS) is 35.1. The highest BCUT2D eigenvalue weighted by molar-refractivity contribution is 6.30. The van der Waals surface area contributed by atoms with Gasteiger partial charge in [-0.25, -0.2) is 0 Å². The van der Waals surface area contributed by atoms with Gasteiger partial charge in [-0.2, -0.15) is 10.5 Å². The van der Waals surface area contributed by atoms with Crippen LogP contribution in [0.4, 0.5) is 0 Å². The van der Waals surface area contributed by atoms with Crippen molar-refractivity contribution in [1.29, 1.82) is 10.5 Å². The molecular weight excluding hydrogens is 619 g/mol. The first-order valence-electron chi connectivity index (χ1n) is 20.2. The quantitative estimate of drug-likeness (QED) is 0.163. The van der Waals surface area contributed by atoms with Crippen molar-refractivity contribution >= 4 is 38.1 Å². The third kappa shape index (κ3) is 2.79. The molecule has 0 N–H and O–H groups in total. The van der Waals surface area contributed by atoms with Crippen molar-refractivity contribution in [3.05, 3.63) is 87.0 Å². The van der Waals surface area contributed by atoms with Crippen LogP contribution in [0.2, 0.25) is 0 Å². The second-order valence-corrected chi connectivity index (χ2v) is 19.5. The van der Waals surface area contributed by atoms with E-state index in [1.54, 1.807) is 5.56 Å². The Balaban J connectivity index is 1.23. The van der Waals surface area contributed by atoms with Gasteiger partial charge in [0.1, 0.15) is 0 Å². The minimum atomic E-state index is -0.115. The molecule has 2 heterocycles. The maximum absolute atomic E-state index is 11.0. The fourth-order valence-electron chi connectivity index (χ4n) is 16.0. The highest BCUT2D eigenvalue weighted by Gasteiger charge is 2.66. The van der Waals surface area contributed by atoms with Crippen molar-refractivity contribution in [2.24, 2.45) is 29.1 Å². The van der Waals surface area contributed by atoms with Crippen molar-refractivity contribution in [2.75, 3.05) is 0 Å². The number of rotatable bonds is 0. The lowest BCUT2D eigenvalue weighted by atomic mass is 9.56. The molecule has 7 unspecified atom stereocenters. The first kappa shape index (κ1) is 27.3. The van der Waals surface area contributed by atoms with Crippen LogP contribution in [0.1, 0.15) is 146 Å². The van der Waals surface area contributed by atoms with Crippen molar-refractivity contribution < 1.29 is 0 Å². The van der Waals surface area contributed by atoms with E-state index in [0.29, 0.717) is 29.1 Å². The van der Waals surface area contributed by atoms with Crippen molar-refractivity contribution in [2.45, 2.75) is 107 Å². The predicted molar refractivity (Wildman–Crippen MR) is 202 cm³/mol. The van der Waals surface area contributed by atoms with Crippen LogP contribution < -0.4 is 0 Å². The molecule has 7 atom stereocenters. The van der Waals surface area contributed by atoms with Crippen LogP contribution in [0.5, 0.6) is 0 Å². The topological polar surface area (TPSA) is 52.0 Å². The largest absolute Gasteiger partial charge is 0.308 e. The Labute approximate surface area is 298 Å². The van der Waals surface area contributed by atoms with E-state index in [-0.39, 0.29) is 5.41 Å². The van der Waals surface area contributed by atoms with Crippen molar-refractivity contribution in [3.8, 4) is 23.3 Å². The number of fused-ring (bicyclic) bond motifs is 16. The summed E-state index contributed by atoms with van der Waals surface area (Å²) in [6.07, 6.45) is 13.1. The van der Waals surface area contributed by atoms with E-state index in [4.69, 9.17) is 0 Å². The molecule has 0 aliphatic heterocycles. The fraction of sp³-hybridized carbons (Fsp3) is 0.458. The molecule has 9 aliphatic carbocycles. The Morgan fingerprint density at radius 1 is 0.627 bits per heavy atom. The molecule has 0 saturated heterocycles. The summed E-state index contributed by atoms with van der Waals surface area (Å²) in [5.74, 6) is 5.41. The standard InChI is InChI=1S/C48H41N3/c1-47(2)34-6-4-3-5-32(34)42-35(47)17-33-43-36(14-28(20-49)38-24-8-22-7-23(9-24)11-25(10-22)40(38)43)51-37-15-29(21-50)39-26-12-30-16-31-13-27(19-48(30,31)18-26)41(39)44(37)45(42)46(33)51/h3-6,14-15,17,22-27,30-31H,7-13,16,18-19H2,1-2H3. The zero-order chi connectivity index (χ0) is 33.4. The molecule has 248 valence electrons. The van der Waals surface area contributed by atoms with Crippen LogP contribution in [0.15, 0.2) is 42.5 Å². The Morgan fingerprint density at radius 2 is 1.24 bits per heavy atom. The molecule has 0 amide bonds. The van der Waals surface area contributed by atoms with Gasteiger partial charge in [0.15, 0.2) is 0 Å². The maximum atomic E-state index is 11.0. The monoisotopic (exact) mass is 659 g/mol. The van der Waals surface area contributed by atoms with E-state index in [1.165, 1.54) is 141 Å². The van der Waals surface area contributed by atoms with Gasteiger partial charge < -0.3 is 4.40 Å². The van der Waals surface area contributed by atoms with E-state index in [1.807, 2.05) is 0 Å². The number of hydrogen-bond acceptors (Lipinski definition) is 2. The van der Waals surface area contributed by atoms with E-state index >= 15 is 0 Å². The summed E-state index contributed by atoms with van der Waals surface area (Å²) in [7, 11) is 0.